The van der Waals surface area contributed by atoms with Gasteiger partial charge in [-0.25, -0.2) is 0 Å². The maximum atomic E-state index is 6.20. The highest BCUT2D eigenvalue weighted by Gasteiger charge is 2.25. The van der Waals surface area contributed by atoms with Gasteiger partial charge in [-0.1, -0.05) is 15.9 Å². The second-order valence-corrected chi connectivity index (χ2v) is 6.30. The van der Waals surface area contributed by atoms with E-state index in [1.807, 2.05) is 23.9 Å². The number of hydrogen-bond donors (Lipinski definition) is 1. The molecule has 1 aromatic carbocycles. The summed E-state index contributed by atoms with van der Waals surface area (Å²) in [6.07, 6.45) is 5.65. The summed E-state index contributed by atoms with van der Waals surface area (Å²) < 4.78 is 7.06. The molecule has 94 valence electrons. The van der Waals surface area contributed by atoms with Crippen molar-refractivity contribution in [2.24, 2.45) is 5.73 Å². The maximum Gasteiger partial charge on any atom is 0.124 e. The molecule has 17 heavy (non-hydrogen) atoms. The predicted molar refractivity (Wildman–Crippen MR) is 77.7 cm³/mol. The number of nitrogens with two attached hydrogens (primary N) is 1. The molecule has 0 spiro atoms. The van der Waals surface area contributed by atoms with Crippen molar-refractivity contribution in [3.63, 3.8) is 0 Å². The first-order valence-electron chi connectivity index (χ1n) is 5.91. The van der Waals surface area contributed by atoms with Crippen LogP contribution in [0.4, 0.5) is 0 Å². The van der Waals surface area contributed by atoms with E-state index in [1.165, 1.54) is 12.2 Å². The van der Waals surface area contributed by atoms with Gasteiger partial charge in [0.1, 0.15) is 11.9 Å². The van der Waals surface area contributed by atoms with E-state index in [1.54, 1.807) is 0 Å². The lowest BCUT2D eigenvalue weighted by Crippen LogP contribution is -2.29. The van der Waals surface area contributed by atoms with Crippen molar-refractivity contribution >= 4 is 27.7 Å². The number of thioether (sulfide) groups is 1. The third-order valence-electron chi connectivity index (χ3n) is 3.06. The summed E-state index contributed by atoms with van der Waals surface area (Å²) >= 11 is 5.36. The normalized spacial score (nSPS) is 23.0. The molecule has 1 aliphatic heterocycles. The molecule has 2 N–H and O–H groups in total. The van der Waals surface area contributed by atoms with Crippen LogP contribution in [0.5, 0.6) is 5.75 Å². The van der Waals surface area contributed by atoms with Gasteiger partial charge in [-0.05, 0) is 43.0 Å². The lowest BCUT2D eigenvalue weighted by atomic mass is 9.95. The van der Waals surface area contributed by atoms with Crippen LogP contribution in [0, 0.1) is 0 Å². The van der Waals surface area contributed by atoms with E-state index in [2.05, 4.69) is 28.3 Å². The molecule has 0 aliphatic carbocycles. The van der Waals surface area contributed by atoms with Crippen LogP contribution >= 0.6 is 27.7 Å². The zero-order chi connectivity index (χ0) is 12.3. The van der Waals surface area contributed by atoms with Gasteiger partial charge < -0.3 is 10.5 Å². The fourth-order valence-electron chi connectivity index (χ4n) is 2.19. The average Bonchev–Trinajstić information content (AvgIpc) is 2.31. The maximum absolute atomic E-state index is 6.20. The Kier molecular flexibility index (Phi) is 4.77. The fraction of sp³-hybridized carbons (Fsp3) is 0.538. The van der Waals surface area contributed by atoms with Gasteiger partial charge in [0, 0.05) is 22.5 Å². The molecule has 2 atom stereocenters. The van der Waals surface area contributed by atoms with Gasteiger partial charge in [0.05, 0.1) is 0 Å². The zero-order valence-corrected chi connectivity index (χ0v) is 12.4. The lowest BCUT2D eigenvalue weighted by molar-refractivity contribution is 0.149. The topological polar surface area (TPSA) is 35.2 Å². The number of halogens is 1. The summed E-state index contributed by atoms with van der Waals surface area (Å²) in [7, 11) is 0. The standard InChI is InChI=1S/C13H18BrNOS/c1-17-6-2-3-10-8-12(15)11-7-9(14)4-5-13(11)16-10/h4-5,7,10,12H,2-3,6,8,15H2,1H3. The highest BCUT2D eigenvalue weighted by molar-refractivity contribution is 9.10. The Morgan fingerprint density at radius 2 is 2.35 bits per heavy atom. The number of benzene rings is 1. The van der Waals surface area contributed by atoms with Crippen LogP contribution < -0.4 is 10.5 Å². The Bertz CT molecular complexity index is 386. The highest BCUT2D eigenvalue weighted by Crippen LogP contribution is 2.36. The van der Waals surface area contributed by atoms with E-state index in [4.69, 9.17) is 10.5 Å². The molecule has 0 radical (unpaired) electrons. The molecule has 2 nitrogen and oxygen atoms in total. The molecule has 2 unspecified atom stereocenters. The largest absolute Gasteiger partial charge is 0.490 e. The molecule has 1 heterocycles. The monoisotopic (exact) mass is 315 g/mol. The number of hydrogen-bond acceptors (Lipinski definition) is 3. The Morgan fingerprint density at radius 3 is 3.12 bits per heavy atom. The molecule has 0 fully saturated rings. The Balaban J connectivity index is 2.03. The second-order valence-electron chi connectivity index (χ2n) is 4.40. The van der Waals surface area contributed by atoms with E-state index in [0.717, 1.165) is 28.6 Å². The van der Waals surface area contributed by atoms with Crippen LogP contribution in [0.3, 0.4) is 0 Å². The van der Waals surface area contributed by atoms with Gasteiger partial charge >= 0.3 is 0 Å². The summed E-state index contributed by atoms with van der Waals surface area (Å²) in [4.78, 5) is 0. The van der Waals surface area contributed by atoms with Crippen molar-refractivity contribution < 1.29 is 4.74 Å². The van der Waals surface area contributed by atoms with Crippen molar-refractivity contribution in [3.8, 4) is 5.75 Å². The third-order valence-corrected chi connectivity index (χ3v) is 4.25. The second kappa shape index (κ2) is 6.12. The van der Waals surface area contributed by atoms with Gasteiger partial charge in [-0.3, -0.25) is 0 Å². The van der Waals surface area contributed by atoms with Crippen molar-refractivity contribution in [1.82, 2.24) is 0 Å². The Morgan fingerprint density at radius 1 is 1.53 bits per heavy atom. The van der Waals surface area contributed by atoms with Crippen LogP contribution in [0.25, 0.3) is 0 Å². The number of rotatable bonds is 4. The van der Waals surface area contributed by atoms with Crippen molar-refractivity contribution in [1.29, 1.82) is 0 Å². The van der Waals surface area contributed by atoms with E-state index in [9.17, 15) is 0 Å². The quantitative estimate of drug-likeness (QED) is 0.860. The van der Waals surface area contributed by atoms with E-state index in [-0.39, 0.29) is 12.1 Å². The van der Waals surface area contributed by atoms with Crippen molar-refractivity contribution in [2.75, 3.05) is 12.0 Å². The van der Waals surface area contributed by atoms with Gasteiger partial charge in [0.15, 0.2) is 0 Å². The summed E-state index contributed by atoms with van der Waals surface area (Å²) in [5.74, 6) is 2.16. The molecule has 2 rings (SSSR count). The van der Waals surface area contributed by atoms with E-state index in [0.29, 0.717) is 0 Å². The summed E-state index contributed by atoms with van der Waals surface area (Å²) in [6, 6.07) is 6.20. The molecule has 0 bridgehead atoms. The summed E-state index contributed by atoms with van der Waals surface area (Å²) in [6.45, 7) is 0. The average molecular weight is 316 g/mol. The first kappa shape index (κ1) is 13.2. The molecule has 0 saturated heterocycles. The van der Waals surface area contributed by atoms with E-state index < -0.39 is 0 Å². The van der Waals surface area contributed by atoms with Crippen molar-refractivity contribution in [3.05, 3.63) is 28.2 Å². The van der Waals surface area contributed by atoms with E-state index >= 15 is 0 Å². The van der Waals surface area contributed by atoms with Crippen LogP contribution in [0.1, 0.15) is 30.9 Å². The summed E-state index contributed by atoms with van der Waals surface area (Å²) in [5.41, 5.74) is 7.33. The van der Waals surface area contributed by atoms with Crippen LogP contribution in [-0.2, 0) is 0 Å². The van der Waals surface area contributed by atoms with Gasteiger partial charge in [0.25, 0.3) is 0 Å². The fourth-order valence-corrected chi connectivity index (χ4v) is 3.02. The molecular formula is C13H18BrNOS. The minimum atomic E-state index is 0.107. The van der Waals surface area contributed by atoms with Gasteiger partial charge in [-0.2, -0.15) is 11.8 Å². The Hall–Kier alpha value is -0.190. The molecule has 0 aromatic heterocycles. The highest BCUT2D eigenvalue weighted by atomic mass is 79.9. The van der Waals surface area contributed by atoms with Gasteiger partial charge in [-0.15, -0.1) is 0 Å². The Labute approximate surface area is 115 Å². The van der Waals surface area contributed by atoms with Crippen LogP contribution in [-0.4, -0.2) is 18.1 Å². The minimum absolute atomic E-state index is 0.107. The smallest absolute Gasteiger partial charge is 0.124 e. The van der Waals surface area contributed by atoms with Crippen molar-refractivity contribution in [2.45, 2.75) is 31.4 Å². The zero-order valence-electron chi connectivity index (χ0n) is 9.99. The molecule has 0 saturated carbocycles. The number of fused-ring (bicyclic) bond motifs is 1. The third kappa shape index (κ3) is 3.39. The van der Waals surface area contributed by atoms with Crippen LogP contribution in [0.15, 0.2) is 22.7 Å². The SMILES string of the molecule is CSCCCC1CC(N)c2cc(Br)ccc2O1. The first-order valence-corrected chi connectivity index (χ1v) is 8.10. The molecule has 0 amide bonds. The molecule has 4 heteroatoms. The molecule has 1 aromatic rings. The van der Waals surface area contributed by atoms with Crippen LogP contribution in [0.2, 0.25) is 0 Å². The first-order chi connectivity index (χ1) is 8.20. The molecular weight excluding hydrogens is 298 g/mol. The van der Waals surface area contributed by atoms with Gasteiger partial charge in [0.2, 0.25) is 0 Å². The lowest BCUT2D eigenvalue weighted by Gasteiger charge is -2.30. The minimum Gasteiger partial charge on any atom is -0.490 e. The predicted octanol–water partition coefficient (Wildman–Crippen LogP) is 3.74. The number of ether oxygens (including phenoxy) is 1. The summed E-state index contributed by atoms with van der Waals surface area (Å²) in [5, 5.41) is 0. The molecule has 1 aliphatic rings.